The van der Waals surface area contributed by atoms with Crippen LogP contribution in [0.15, 0.2) is 97.5 Å². The second-order valence-corrected chi connectivity index (χ2v) is 7.41. The fraction of sp³-hybridized carbons (Fsp3) is 0.0769. The molecule has 4 rings (SSSR count). The van der Waals surface area contributed by atoms with Gasteiger partial charge in [-0.2, -0.15) is 0 Å². The van der Waals surface area contributed by atoms with Crippen LogP contribution in [0.3, 0.4) is 0 Å². The Balaban J connectivity index is 1.82. The van der Waals surface area contributed by atoms with Gasteiger partial charge < -0.3 is 5.32 Å². The average molecular weight is 440 g/mol. The van der Waals surface area contributed by atoms with Crippen molar-refractivity contribution in [3.05, 3.63) is 120 Å². The van der Waals surface area contributed by atoms with E-state index >= 15 is 0 Å². The fourth-order valence-corrected chi connectivity index (χ4v) is 3.42. The lowest BCUT2D eigenvalue weighted by Crippen LogP contribution is -2.42. The highest BCUT2D eigenvalue weighted by atomic mass is 19.1. The smallest absolute Gasteiger partial charge is 0.279 e. The Hall–Kier alpha value is -4.39. The highest BCUT2D eigenvalue weighted by molar-refractivity contribution is 6.11. The van der Waals surface area contributed by atoms with Crippen LogP contribution in [0.5, 0.6) is 0 Å². The molecule has 1 atom stereocenters. The van der Waals surface area contributed by atoms with E-state index in [4.69, 9.17) is 0 Å². The molecule has 2 amide bonds. The number of nitrogens with zero attached hydrogens (tertiary/aromatic N) is 3. The minimum absolute atomic E-state index is 0.105. The van der Waals surface area contributed by atoms with E-state index in [1.807, 2.05) is 25.1 Å². The minimum Gasteiger partial charge on any atom is -0.324 e. The zero-order valence-electron chi connectivity index (χ0n) is 17.9. The van der Waals surface area contributed by atoms with Gasteiger partial charge in [0.1, 0.15) is 17.6 Å². The lowest BCUT2D eigenvalue weighted by atomic mass is 10.0. The standard InChI is InChI=1S/C26H21FN4O2/c1-18-7-13-22(14-8-18)31(26(33)23-17-28-15-16-29-23)24(19-5-3-2-4-6-19)25(32)30-21-11-9-20(27)10-12-21/h2-17,24H,1H3,(H,30,32)/t24-/m0/s1. The van der Waals surface area contributed by atoms with Crippen molar-refractivity contribution < 1.29 is 14.0 Å². The summed E-state index contributed by atoms with van der Waals surface area (Å²) in [5.74, 6) is -1.34. The van der Waals surface area contributed by atoms with E-state index in [1.165, 1.54) is 47.8 Å². The van der Waals surface area contributed by atoms with E-state index in [2.05, 4.69) is 15.3 Å². The maximum atomic E-state index is 13.6. The van der Waals surface area contributed by atoms with Gasteiger partial charge in [-0.1, -0.05) is 48.0 Å². The second kappa shape index (κ2) is 9.82. The summed E-state index contributed by atoms with van der Waals surface area (Å²) >= 11 is 0. The predicted octanol–water partition coefficient (Wildman–Crippen LogP) is 4.95. The number of halogens is 1. The Morgan fingerprint density at radius 3 is 2.24 bits per heavy atom. The van der Waals surface area contributed by atoms with Crippen molar-refractivity contribution >= 4 is 23.2 Å². The van der Waals surface area contributed by atoms with E-state index in [1.54, 1.807) is 36.4 Å². The number of rotatable bonds is 6. The van der Waals surface area contributed by atoms with Crippen LogP contribution in [-0.4, -0.2) is 21.8 Å². The molecule has 0 fully saturated rings. The number of aryl methyl sites for hydroxylation is 1. The predicted molar refractivity (Wildman–Crippen MR) is 124 cm³/mol. The number of carbonyl (C=O) groups is 2. The molecule has 7 heteroatoms. The maximum Gasteiger partial charge on any atom is 0.279 e. The molecule has 0 aliphatic rings. The molecular weight excluding hydrogens is 419 g/mol. The summed E-state index contributed by atoms with van der Waals surface area (Å²) in [6, 6.07) is 20.7. The molecule has 0 saturated heterocycles. The van der Waals surface area contributed by atoms with Gasteiger partial charge in [0.2, 0.25) is 0 Å². The third kappa shape index (κ3) is 5.10. The van der Waals surface area contributed by atoms with Crippen LogP contribution in [0.4, 0.5) is 15.8 Å². The molecule has 1 heterocycles. The third-order valence-electron chi connectivity index (χ3n) is 5.05. The summed E-state index contributed by atoms with van der Waals surface area (Å²) in [6.45, 7) is 1.94. The molecule has 33 heavy (non-hydrogen) atoms. The number of hydrogen-bond donors (Lipinski definition) is 1. The van der Waals surface area contributed by atoms with Crippen molar-refractivity contribution in [3.8, 4) is 0 Å². The summed E-state index contributed by atoms with van der Waals surface area (Å²) in [6.07, 6.45) is 4.27. The molecule has 0 unspecified atom stereocenters. The summed E-state index contributed by atoms with van der Waals surface area (Å²) in [5, 5.41) is 2.80. The lowest BCUT2D eigenvalue weighted by molar-refractivity contribution is -0.117. The van der Waals surface area contributed by atoms with Crippen LogP contribution in [0, 0.1) is 12.7 Å². The van der Waals surface area contributed by atoms with Crippen molar-refractivity contribution in [1.29, 1.82) is 0 Å². The summed E-state index contributed by atoms with van der Waals surface area (Å²) in [4.78, 5) is 36.8. The number of hydrogen-bond acceptors (Lipinski definition) is 4. The van der Waals surface area contributed by atoms with Crippen LogP contribution in [0.25, 0.3) is 0 Å². The van der Waals surface area contributed by atoms with Crippen molar-refractivity contribution in [1.82, 2.24) is 9.97 Å². The van der Waals surface area contributed by atoms with E-state index < -0.39 is 23.7 Å². The van der Waals surface area contributed by atoms with Gasteiger partial charge in [-0.05, 0) is 48.9 Å². The molecule has 1 N–H and O–H groups in total. The molecule has 0 radical (unpaired) electrons. The van der Waals surface area contributed by atoms with Crippen molar-refractivity contribution in [2.75, 3.05) is 10.2 Å². The molecule has 0 saturated carbocycles. The summed E-state index contributed by atoms with van der Waals surface area (Å²) in [5.41, 5.74) is 2.67. The molecule has 0 aliphatic carbocycles. The Bertz CT molecular complexity index is 1230. The molecule has 0 spiro atoms. The van der Waals surface area contributed by atoms with Gasteiger partial charge in [0.05, 0.1) is 6.20 Å². The van der Waals surface area contributed by atoms with Crippen LogP contribution < -0.4 is 10.2 Å². The second-order valence-electron chi connectivity index (χ2n) is 7.41. The molecule has 0 aliphatic heterocycles. The van der Waals surface area contributed by atoms with Gasteiger partial charge in [0.25, 0.3) is 11.8 Å². The third-order valence-corrected chi connectivity index (χ3v) is 5.05. The first kappa shape index (κ1) is 21.8. The van der Waals surface area contributed by atoms with Crippen molar-refractivity contribution in [3.63, 3.8) is 0 Å². The van der Waals surface area contributed by atoms with E-state index in [-0.39, 0.29) is 5.69 Å². The van der Waals surface area contributed by atoms with Crippen molar-refractivity contribution in [2.24, 2.45) is 0 Å². The topological polar surface area (TPSA) is 75.2 Å². The van der Waals surface area contributed by atoms with E-state index in [0.717, 1.165) is 5.56 Å². The molecule has 6 nitrogen and oxygen atoms in total. The monoisotopic (exact) mass is 440 g/mol. The van der Waals surface area contributed by atoms with Gasteiger partial charge >= 0.3 is 0 Å². The van der Waals surface area contributed by atoms with Crippen LogP contribution in [0.1, 0.15) is 27.7 Å². The average Bonchev–Trinajstić information content (AvgIpc) is 2.85. The summed E-state index contributed by atoms with van der Waals surface area (Å²) in [7, 11) is 0. The Morgan fingerprint density at radius 1 is 0.909 bits per heavy atom. The normalized spacial score (nSPS) is 11.5. The van der Waals surface area contributed by atoms with Crippen LogP contribution in [-0.2, 0) is 4.79 Å². The maximum absolute atomic E-state index is 13.6. The number of benzene rings is 3. The Labute approximate surface area is 190 Å². The first-order chi connectivity index (χ1) is 16.0. The van der Waals surface area contributed by atoms with Gasteiger partial charge in [-0.25, -0.2) is 9.37 Å². The highest BCUT2D eigenvalue weighted by Crippen LogP contribution is 2.30. The van der Waals surface area contributed by atoms with Gasteiger partial charge in [0.15, 0.2) is 0 Å². The quantitative estimate of drug-likeness (QED) is 0.460. The summed E-state index contributed by atoms with van der Waals surface area (Å²) < 4.78 is 13.3. The van der Waals surface area contributed by atoms with Crippen LogP contribution in [0.2, 0.25) is 0 Å². The zero-order valence-corrected chi connectivity index (χ0v) is 17.9. The Morgan fingerprint density at radius 2 is 1.61 bits per heavy atom. The van der Waals surface area contributed by atoms with Gasteiger partial charge in [-0.15, -0.1) is 0 Å². The number of amides is 2. The van der Waals surface area contributed by atoms with Gasteiger partial charge in [-0.3, -0.25) is 19.5 Å². The number of nitrogens with one attached hydrogen (secondary N) is 1. The number of anilines is 2. The molecule has 0 bridgehead atoms. The Kier molecular flexibility index (Phi) is 6.50. The molecule has 4 aromatic rings. The minimum atomic E-state index is -1.02. The fourth-order valence-electron chi connectivity index (χ4n) is 3.42. The lowest BCUT2D eigenvalue weighted by Gasteiger charge is -2.31. The van der Waals surface area contributed by atoms with E-state index in [0.29, 0.717) is 16.9 Å². The molecule has 1 aromatic heterocycles. The first-order valence-corrected chi connectivity index (χ1v) is 10.3. The first-order valence-electron chi connectivity index (χ1n) is 10.3. The number of carbonyl (C=O) groups excluding carboxylic acids is 2. The largest absolute Gasteiger partial charge is 0.324 e. The zero-order chi connectivity index (χ0) is 23.2. The van der Waals surface area contributed by atoms with Gasteiger partial charge in [0, 0.05) is 23.8 Å². The van der Waals surface area contributed by atoms with Crippen molar-refractivity contribution in [2.45, 2.75) is 13.0 Å². The number of aromatic nitrogens is 2. The molecular formula is C26H21FN4O2. The van der Waals surface area contributed by atoms with E-state index in [9.17, 15) is 14.0 Å². The SMILES string of the molecule is Cc1ccc(N(C(=O)c2cnccn2)[C@H](C(=O)Nc2ccc(F)cc2)c2ccccc2)cc1. The highest BCUT2D eigenvalue weighted by Gasteiger charge is 2.34. The molecule has 3 aromatic carbocycles. The van der Waals surface area contributed by atoms with Crippen LogP contribution >= 0.6 is 0 Å². The molecule has 164 valence electrons.